The molecule has 0 saturated carbocycles. The first-order valence-electron chi connectivity index (χ1n) is 7.35. The van der Waals surface area contributed by atoms with Crippen LogP contribution >= 0.6 is 11.8 Å². The molecule has 7 heteroatoms. The zero-order chi connectivity index (χ0) is 15.7. The molecule has 2 aliphatic rings. The molecule has 4 nitrogen and oxygen atoms in total. The fraction of sp³-hybridized carbons (Fsp3) is 0.533. The molecule has 3 rings (SSSR count). The largest absolute Gasteiger partial charge is 0.311 e. The number of nitrogens with zero attached hydrogens (tertiary/aromatic N) is 1. The summed E-state index contributed by atoms with van der Waals surface area (Å²) in [6.45, 7) is 0.640. The molecular formula is C15H18FNO3S2. The average molecular weight is 343 g/mol. The molecule has 120 valence electrons. The van der Waals surface area contributed by atoms with Crippen LogP contribution in [-0.2, 0) is 21.1 Å². The number of carbonyl (C=O) groups is 1. The van der Waals surface area contributed by atoms with Crippen molar-refractivity contribution < 1.29 is 17.6 Å². The minimum Gasteiger partial charge on any atom is -0.311 e. The molecule has 0 spiro atoms. The topological polar surface area (TPSA) is 54.5 Å². The van der Waals surface area contributed by atoms with Crippen molar-refractivity contribution in [1.29, 1.82) is 0 Å². The van der Waals surface area contributed by atoms with Gasteiger partial charge in [0, 0.05) is 17.5 Å². The van der Waals surface area contributed by atoms with Crippen LogP contribution in [0.2, 0.25) is 0 Å². The Balaban J connectivity index is 1.64. The van der Waals surface area contributed by atoms with E-state index in [0.29, 0.717) is 13.0 Å². The van der Waals surface area contributed by atoms with Gasteiger partial charge in [0.1, 0.15) is 5.82 Å². The number of carbonyl (C=O) groups excluding carboxylic acids is 1. The van der Waals surface area contributed by atoms with Crippen molar-refractivity contribution in [2.45, 2.75) is 24.5 Å². The van der Waals surface area contributed by atoms with Gasteiger partial charge in [-0.2, -0.15) is 0 Å². The minimum atomic E-state index is -2.91. The number of benzene rings is 1. The Labute approximate surface area is 134 Å². The number of halogens is 1. The van der Waals surface area contributed by atoms with E-state index in [4.69, 9.17) is 0 Å². The van der Waals surface area contributed by atoms with Crippen molar-refractivity contribution in [3.05, 3.63) is 29.6 Å². The summed E-state index contributed by atoms with van der Waals surface area (Å²) in [5, 5.41) is 0.0198. The average Bonchev–Trinajstić information content (AvgIpc) is 2.83. The highest BCUT2D eigenvalue weighted by Gasteiger charge is 2.30. The lowest BCUT2D eigenvalue weighted by Crippen LogP contribution is -2.37. The van der Waals surface area contributed by atoms with Crippen LogP contribution in [0.5, 0.6) is 0 Å². The second-order valence-corrected chi connectivity index (χ2v) is 9.28. The number of anilines is 1. The van der Waals surface area contributed by atoms with Gasteiger partial charge in [0.2, 0.25) is 5.91 Å². The lowest BCUT2D eigenvalue weighted by Gasteiger charge is -2.29. The maximum Gasteiger partial charge on any atom is 0.236 e. The summed E-state index contributed by atoms with van der Waals surface area (Å²) >= 11 is 1.42. The van der Waals surface area contributed by atoms with Crippen LogP contribution in [0, 0.1) is 5.82 Å². The summed E-state index contributed by atoms with van der Waals surface area (Å²) < 4.78 is 36.2. The van der Waals surface area contributed by atoms with Gasteiger partial charge < -0.3 is 4.90 Å². The third kappa shape index (κ3) is 3.46. The van der Waals surface area contributed by atoms with E-state index in [1.165, 1.54) is 23.9 Å². The monoisotopic (exact) mass is 343 g/mol. The van der Waals surface area contributed by atoms with Gasteiger partial charge in [-0.1, -0.05) is 0 Å². The number of hydrogen-bond donors (Lipinski definition) is 0. The normalized spacial score (nSPS) is 23.3. The summed E-state index contributed by atoms with van der Waals surface area (Å²) in [5.74, 6) is 0.370. The van der Waals surface area contributed by atoms with Crippen molar-refractivity contribution in [3.8, 4) is 0 Å². The molecule has 1 saturated heterocycles. The van der Waals surface area contributed by atoms with Crippen molar-refractivity contribution in [3.63, 3.8) is 0 Å². The summed E-state index contributed by atoms with van der Waals surface area (Å²) in [4.78, 5) is 14.1. The number of rotatable bonds is 3. The third-order valence-corrected chi connectivity index (χ3v) is 7.36. The molecule has 0 radical (unpaired) electrons. The molecule has 1 amide bonds. The van der Waals surface area contributed by atoms with E-state index in [0.717, 1.165) is 24.1 Å². The van der Waals surface area contributed by atoms with Crippen molar-refractivity contribution in [2.24, 2.45) is 0 Å². The number of thioether (sulfide) groups is 1. The van der Waals surface area contributed by atoms with E-state index < -0.39 is 9.84 Å². The predicted octanol–water partition coefficient (Wildman–Crippen LogP) is 2.03. The predicted molar refractivity (Wildman–Crippen MR) is 86.6 cm³/mol. The van der Waals surface area contributed by atoms with E-state index in [9.17, 15) is 17.6 Å². The Morgan fingerprint density at radius 2 is 2.23 bits per heavy atom. The van der Waals surface area contributed by atoms with Crippen LogP contribution in [0.3, 0.4) is 0 Å². The molecule has 1 fully saturated rings. The third-order valence-electron chi connectivity index (χ3n) is 4.09. The number of aryl methyl sites for hydroxylation is 1. The Hall–Kier alpha value is -1.08. The van der Waals surface area contributed by atoms with Crippen LogP contribution in [-0.4, -0.2) is 43.4 Å². The van der Waals surface area contributed by atoms with Gasteiger partial charge in [0.15, 0.2) is 9.84 Å². The zero-order valence-electron chi connectivity index (χ0n) is 12.1. The SMILES string of the molecule is O=C(CSC1CCS(=O)(=O)C1)N1CCCc2cc(F)ccc21. The van der Waals surface area contributed by atoms with Crippen molar-refractivity contribution in [1.82, 2.24) is 0 Å². The van der Waals surface area contributed by atoms with Crippen LogP contribution in [0.4, 0.5) is 10.1 Å². The van der Waals surface area contributed by atoms with Gasteiger partial charge in [0.25, 0.3) is 0 Å². The Bertz CT molecular complexity index is 690. The van der Waals surface area contributed by atoms with Crippen LogP contribution in [0.25, 0.3) is 0 Å². The zero-order valence-corrected chi connectivity index (χ0v) is 13.8. The van der Waals surface area contributed by atoms with E-state index in [2.05, 4.69) is 0 Å². The first-order valence-corrected chi connectivity index (χ1v) is 10.2. The maximum atomic E-state index is 13.3. The quantitative estimate of drug-likeness (QED) is 0.843. The number of sulfone groups is 1. The summed E-state index contributed by atoms with van der Waals surface area (Å²) in [6, 6.07) is 4.53. The van der Waals surface area contributed by atoms with Gasteiger partial charge in [-0.05, 0) is 43.0 Å². The first kappa shape index (κ1) is 15.8. The Morgan fingerprint density at radius 1 is 1.41 bits per heavy atom. The summed E-state index contributed by atoms with van der Waals surface area (Å²) in [6.07, 6.45) is 2.23. The highest BCUT2D eigenvalue weighted by molar-refractivity contribution is 8.02. The molecule has 1 unspecified atom stereocenters. The highest BCUT2D eigenvalue weighted by atomic mass is 32.2. The number of fused-ring (bicyclic) bond motifs is 1. The highest BCUT2D eigenvalue weighted by Crippen LogP contribution is 2.30. The standard InChI is InChI=1S/C15H18FNO3S2/c16-12-3-4-14-11(8-12)2-1-6-17(14)15(18)9-21-13-5-7-22(19,20)10-13/h3-4,8,13H,1-2,5-7,9-10H2. The molecule has 22 heavy (non-hydrogen) atoms. The van der Waals surface area contributed by atoms with E-state index >= 15 is 0 Å². The second kappa shape index (κ2) is 6.20. The van der Waals surface area contributed by atoms with Gasteiger partial charge in [-0.25, -0.2) is 12.8 Å². The van der Waals surface area contributed by atoms with E-state index in [1.807, 2.05) is 0 Å². The molecule has 2 heterocycles. The molecular weight excluding hydrogens is 325 g/mol. The molecule has 2 aliphatic heterocycles. The van der Waals surface area contributed by atoms with Crippen LogP contribution < -0.4 is 4.90 Å². The molecule has 0 N–H and O–H groups in total. The van der Waals surface area contributed by atoms with E-state index in [1.54, 1.807) is 11.0 Å². The fourth-order valence-electron chi connectivity index (χ4n) is 2.98. The minimum absolute atomic E-state index is 0.0198. The van der Waals surface area contributed by atoms with Crippen molar-refractivity contribution >= 4 is 33.2 Å². The lowest BCUT2D eigenvalue weighted by atomic mass is 10.0. The first-order chi connectivity index (χ1) is 10.4. The van der Waals surface area contributed by atoms with Crippen LogP contribution in [0.1, 0.15) is 18.4 Å². The number of amides is 1. The molecule has 0 aromatic heterocycles. The van der Waals surface area contributed by atoms with Gasteiger partial charge in [-0.15, -0.1) is 11.8 Å². The number of hydrogen-bond acceptors (Lipinski definition) is 4. The molecule has 1 atom stereocenters. The summed E-state index contributed by atoms with van der Waals surface area (Å²) in [7, 11) is -2.91. The van der Waals surface area contributed by atoms with E-state index in [-0.39, 0.29) is 34.2 Å². The summed E-state index contributed by atoms with van der Waals surface area (Å²) in [5.41, 5.74) is 1.66. The van der Waals surface area contributed by atoms with Crippen LogP contribution in [0.15, 0.2) is 18.2 Å². The van der Waals surface area contributed by atoms with Gasteiger partial charge in [0.05, 0.1) is 17.3 Å². The van der Waals surface area contributed by atoms with Gasteiger partial charge in [-0.3, -0.25) is 4.79 Å². The lowest BCUT2D eigenvalue weighted by molar-refractivity contribution is -0.116. The molecule has 0 bridgehead atoms. The molecule has 1 aromatic rings. The Kier molecular flexibility index (Phi) is 4.45. The maximum absolute atomic E-state index is 13.3. The smallest absolute Gasteiger partial charge is 0.236 e. The van der Waals surface area contributed by atoms with Gasteiger partial charge >= 0.3 is 0 Å². The Morgan fingerprint density at radius 3 is 2.95 bits per heavy atom. The van der Waals surface area contributed by atoms with Crippen molar-refractivity contribution in [2.75, 3.05) is 28.7 Å². The molecule has 0 aliphatic carbocycles. The molecule has 1 aromatic carbocycles. The fourth-order valence-corrected chi connectivity index (χ4v) is 6.50. The second-order valence-electron chi connectivity index (χ2n) is 5.76.